The van der Waals surface area contributed by atoms with Crippen molar-refractivity contribution in [2.75, 3.05) is 34.3 Å². The summed E-state index contributed by atoms with van der Waals surface area (Å²) in [7, 11) is 5.59. The average Bonchev–Trinajstić information content (AvgIpc) is 2.96. The van der Waals surface area contributed by atoms with E-state index in [4.69, 9.17) is 9.26 Å². The zero-order chi connectivity index (χ0) is 16.8. The van der Waals surface area contributed by atoms with Crippen molar-refractivity contribution in [3.63, 3.8) is 0 Å². The third-order valence-corrected chi connectivity index (χ3v) is 3.37. The van der Waals surface area contributed by atoms with Gasteiger partial charge < -0.3 is 19.1 Å². The highest BCUT2D eigenvalue weighted by Gasteiger charge is 2.17. The van der Waals surface area contributed by atoms with Crippen molar-refractivity contribution in [2.45, 2.75) is 13.5 Å². The van der Waals surface area contributed by atoms with Crippen molar-refractivity contribution < 1.29 is 14.1 Å². The lowest BCUT2D eigenvalue weighted by Crippen LogP contribution is -2.31. The van der Waals surface area contributed by atoms with Gasteiger partial charge in [0, 0.05) is 13.1 Å². The number of hydrogen-bond donors (Lipinski definition) is 0. The van der Waals surface area contributed by atoms with E-state index in [1.165, 1.54) is 0 Å². The van der Waals surface area contributed by atoms with E-state index in [2.05, 4.69) is 5.16 Å². The first-order chi connectivity index (χ1) is 11.0. The van der Waals surface area contributed by atoms with Gasteiger partial charge in [0.25, 0.3) is 5.91 Å². The summed E-state index contributed by atoms with van der Waals surface area (Å²) in [6, 6.07) is 9.49. The molecule has 0 aliphatic carbocycles. The molecule has 23 heavy (non-hydrogen) atoms. The standard InChI is InChI=1S/C17H23N3O3/c1-13-7-5-6-8-16(13)22-10-9-20(4)17(21)15-11-14(23-18-15)12-19(2)3/h5-8,11H,9-10,12H2,1-4H3. The zero-order valence-electron chi connectivity index (χ0n) is 14.1. The molecule has 1 amide bonds. The maximum Gasteiger partial charge on any atom is 0.275 e. The molecule has 1 aromatic heterocycles. The summed E-state index contributed by atoms with van der Waals surface area (Å²) < 4.78 is 10.9. The van der Waals surface area contributed by atoms with Crippen molar-refractivity contribution in [2.24, 2.45) is 0 Å². The van der Waals surface area contributed by atoms with Gasteiger partial charge in [0.1, 0.15) is 12.4 Å². The van der Waals surface area contributed by atoms with Crippen LogP contribution in [-0.4, -0.2) is 55.2 Å². The molecule has 0 saturated heterocycles. The summed E-state index contributed by atoms with van der Waals surface area (Å²) in [6.45, 7) is 3.50. The monoisotopic (exact) mass is 317 g/mol. The minimum absolute atomic E-state index is 0.174. The van der Waals surface area contributed by atoms with Crippen LogP contribution in [0.4, 0.5) is 0 Å². The summed E-state index contributed by atoms with van der Waals surface area (Å²) >= 11 is 0. The van der Waals surface area contributed by atoms with E-state index in [1.807, 2.05) is 50.2 Å². The van der Waals surface area contributed by atoms with Crippen molar-refractivity contribution in [1.82, 2.24) is 15.0 Å². The third-order valence-electron chi connectivity index (χ3n) is 3.37. The largest absolute Gasteiger partial charge is 0.491 e. The number of aromatic nitrogens is 1. The van der Waals surface area contributed by atoms with Crippen molar-refractivity contribution in [3.8, 4) is 5.75 Å². The van der Waals surface area contributed by atoms with Gasteiger partial charge in [-0.15, -0.1) is 0 Å². The number of hydrogen-bond acceptors (Lipinski definition) is 5. The van der Waals surface area contributed by atoms with Gasteiger partial charge in [-0.25, -0.2) is 0 Å². The summed E-state index contributed by atoms with van der Waals surface area (Å²) in [5, 5.41) is 3.84. The highest BCUT2D eigenvalue weighted by Crippen LogP contribution is 2.16. The second-order valence-electron chi connectivity index (χ2n) is 5.76. The Hall–Kier alpha value is -2.34. The number of para-hydroxylation sites is 1. The molecule has 0 radical (unpaired) electrons. The molecule has 0 aliphatic rings. The van der Waals surface area contributed by atoms with E-state index in [0.29, 0.717) is 31.2 Å². The maximum absolute atomic E-state index is 12.3. The highest BCUT2D eigenvalue weighted by molar-refractivity contribution is 5.92. The average molecular weight is 317 g/mol. The number of amides is 1. The molecule has 6 nitrogen and oxygen atoms in total. The Balaban J connectivity index is 1.85. The van der Waals surface area contributed by atoms with Crippen LogP contribution >= 0.6 is 0 Å². The molecule has 0 N–H and O–H groups in total. The Labute approximate surface area is 136 Å². The fourth-order valence-corrected chi connectivity index (χ4v) is 2.11. The van der Waals surface area contributed by atoms with Gasteiger partial charge in [0.05, 0.1) is 13.1 Å². The first-order valence-electron chi connectivity index (χ1n) is 7.51. The minimum Gasteiger partial charge on any atom is -0.491 e. The van der Waals surface area contributed by atoms with Gasteiger partial charge in [-0.2, -0.15) is 0 Å². The van der Waals surface area contributed by atoms with Crippen LogP contribution in [0.15, 0.2) is 34.9 Å². The molecule has 0 saturated carbocycles. The van der Waals surface area contributed by atoms with Gasteiger partial charge in [-0.3, -0.25) is 4.79 Å². The fraction of sp³-hybridized carbons (Fsp3) is 0.412. The summed E-state index contributed by atoms with van der Waals surface area (Å²) in [6.07, 6.45) is 0. The molecule has 2 aromatic rings. The predicted molar refractivity (Wildman–Crippen MR) is 87.5 cm³/mol. The first kappa shape index (κ1) is 17.0. The number of likely N-dealkylation sites (N-methyl/N-ethyl adjacent to an activating group) is 1. The van der Waals surface area contributed by atoms with Gasteiger partial charge in [0.2, 0.25) is 0 Å². The summed E-state index contributed by atoms with van der Waals surface area (Å²) in [5.74, 6) is 1.33. The number of ether oxygens (including phenoxy) is 1. The van der Waals surface area contributed by atoms with Crippen LogP contribution in [0.1, 0.15) is 21.8 Å². The van der Waals surface area contributed by atoms with Gasteiger partial charge in [0.15, 0.2) is 11.5 Å². The van der Waals surface area contributed by atoms with Gasteiger partial charge in [-0.05, 0) is 32.6 Å². The first-order valence-corrected chi connectivity index (χ1v) is 7.51. The zero-order valence-corrected chi connectivity index (χ0v) is 14.1. The lowest BCUT2D eigenvalue weighted by molar-refractivity contribution is 0.0763. The number of carbonyl (C=O) groups excluding carboxylic acids is 1. The third kappa shape index (κ3) is 4.82. The number of rotatable bonds is 7. The summed E-state index contributed by atoms with van der Waals surface area (Å²) in [5.41, 5.74) is 1.39. The maximum atomic E-state index is 12.3. The number of benzene rings is 1. The molecule has 0 unspecified atom stereocenters. The van der Waals surface area contributed by atoms with Crippen molar-refractivity contribution in [1.29, 1.82) is 0 Å². The molecule has 0 fully saturated rings. The number of nitrogens with zero attached hydrogens (tertiary/aromatic N) is 3. The van der Waals surface area contributed by atoms with Crippen LogP contribution in [0.2, 0.25) is 0 Å². The smallest absolute Gasteiger partial charge is 0.275 e. The number of aryl methyl sites for hydroxylation is 1. The molecular weight excluding hydrogens is 294 g/mol. The molecule has 1 aromatic carbocycles. The van der Waals surface area contributed by atoms with Gasteiger partial charge >= 0.3 is 0 Å². The quantitative estimate of drug-likeness (QED) is 0.783. The van der Waals surface area contributed by atoms with E-state index >= 15 is 0 Å². The SMILES string of the molecule is Cc1ccccc1OCCN(C)C(=O)c1cc(CN(C)C)on1. The van der Waals surface area contributed by atoms with Crippen molar-refractivity contribution >= 4 is 5.91 Å². The second kappa shape index (κ2) is 7.78. The predicted octanol–water partition coefficient (Wildman–Crippen LogP) is 2.20. The number of carbonyl (C=O) groups is 1. The Kier molecular flexibility index (Phi) is 5.76. The van der Waals surface area contributed by atoms with Gasteiger partial charge in [-0.1, -0.05) is 23.4 Å². The molecule has 0 aliphatic heterocycles. The van der Waals surface area contributed by atoms with Crippen LogP contribution in [0.3, 0.4) is 0 Å². The summed E-state index contributed by atoms with van der Waals surface area (Å²) in [4.78, 5) is 15.8. The van der Waals surface area contributed by atoms with Crippen LogP contribution in [0.25, 0.3) is 0 Å². The molecule has 0 bridgehead atoms. The van der Waals surface area contributed by atoms with E-state index < -0.39 is 0 Å². The second-order valence-corrected chi connectivity index (χ2v) is 5.76. The van der Waals surface area contributed by atoms with Crippen LogP contribution < -0.4 is 4.74 Å². The Bertz CT molecular complexity index is 652. The van der Waals surface area contributed by atoms with Crippen LogP contribution in [0.5, 0.6) is 5.75 Å². The lowest BCUT2D eigenvalue weighted by atomic mass is 10.2. The highest BCUT2D eigenvalue weighted by atomic mass is 16.5. The van der Waals surface area contributed by atoms with E-state index in [-0.39, 0.29) is 5.91 Å². The molecule has 1 heterocycles. The Morgan fingerprint density at radius 3 is 2.70 bits per heavy atom. The molecule has 6 heteroatoms. The molecule has 0 atom stereocenters. The topological polar surface area (TPSA) is 58.8 Å². The molecule has 124 valence electrons. The molecular formula is C17H23N3O3. The van der Waals surface area contributed by atoms with Crippen LogP contribution in [0, 0.1) is 6.92 Å². The van der Waals surface area contributed by atoms with Crippen molar-refractivity contribution in [3.05, 3.63) is 47.3 Å². The normalized spacial score (nSPS) is 10.8. The molecule has 2 rings (SSSR count). The lowest BCUT2D eigenvalue weighted by Gasteiger charge is -2.16. The molecule has 0 spiro atoms. The fourth-order valence-electron chi connectivity index (χ4n) is 2.11. The minimum atomic E-state index is -0.174. The van der Waals surface area contributed by atoms with Crippen LogP contribution in [-0.2, 0) is 6.54 Å². The van der Waals surface area contributed by atoms with E-state index in [1.54, 1.807) is 18.0 Å². The Morgan fingerprint density at radius 1 is 1.26 bits per heavy atom. The van der Waals surface area contributed by atoms with E-state index in [0.717, 1.165) is 11.3 Å². The van der Waals surface area contributed by atoms with E-state index in [9.17, 15) is 4.79 Å². The Morgan fingerprint density at radius 2 is 2.00 bits per heavy atom.